The molecule has 0 saturated carbocycles. The number of nitrogens with one attached hydrogen (secondary N) is 1. The smallest absolute Gasteiger partial charge is 0.330 e. The van der Waals surface area contributed by atoms with E-state index in [1.807, 2.05) is 37.3 Å². The molecule has 0 spiro atoms. The van der Waals surface area contributed by atoms with Gasteiger partial charge >= 0.3 is 5.97 Å². The molecule has 0 aromatic heterocycles. The Bertz CT molecular complexity index is 564. The van der Waals surface area contributed by atoms with Crippen molar-refractivity contribution in [3.8, 4) is 0 Å². The van der Waals surface area contributed by atoms with Crippen molar-refractivity contribution in [3.05, 3.63) is 64.7 Å². The van der Waals surface area contributed by atoms with Gasteiger partial charge in [-0.3, -0.25) is 0 Å². The highest BCUT2D eigenvalue weighted by Gasteiger charge is 2.20. The number of hydrogen-bond donors (Lipinski definition) is 2. The fraction of sp³-hybridized carbons (Fsp3) is 0.133. The van der Waals surface area contributed by atoms with E-state index in [2.05, 4.69) is 5.32 Å². The van der Waals surface area contributed by atoms with Crippen molar-refractivity contribution in [2.75, 3.05) is 5.32 Å². The predicted molar refractivity (Wildman–Crippen MR) is 76.6 cm³/mol. The summed E-state index contributed by atoms with van der Waals surface area (Å²) in [6, 6.07) is 13.7. The molecule has 0 amide bonds. The van der Waals surface area contributed by atoms with E-state index in [0.717, 1.165) is 5.56 Å². The van der Waals surface area contributed by atoms with Crippen molar-refractivity contribution < 1.29 is 9.90 Å². The number of carboxylic acid groups (broad SMARTS) is 1. The first kappa shape index (κ1) is 13.4. The summed E-state index contributed by atoms with van der Waals surface area (Å²) in [5.74, 6) is -0.939. The molecule has 0 heterocycles. The molecule has 98 valence electrons. The lowest BCUT2D eigenvalue weighted by atomic mass is 10.1. The van der Waals surface area contributed by atoms with Crippen LogP contribution in [0.1, 0.15) is 17.2 Å². The summed E-state index contributed by atoms with van der Waals surface area (Å²) >= 11 is 6.11. The van der Waals surface area contributed by atoms with Crippen molar-refractivity contribution in [2.24, 2.45) is 0 Å². The molecular weight excluding hydrogens is 262 g/mol. The maximum atomic E-state index is 11.4. The van der Waals surface area contributed by atoms with E-state index >= 15 is 0 Å². The van der Waals surface area contributed by atoms with Crippen LogP contribution >= 0.6 is 11.6 Å². The molecule has 0 aliphatic carbocycles. The van der Waals surface area contributed by atoms with Gasteiger partial charge in [-0.1, -0.05) is 54.1 Å². The van der Waals surface area contributed by atoms with Crippen molar-refractivity contribution in [1.82, 2.24) is 0 Å². The molecule has 2 N–H and O–H groups in total. The quantitative estimate of drug-likeness (QED) is 0.890. The number of hydrogen-bond acceptors (Lipinski definition) is 2. The predicted octanol–water partition coefficient (Wildman–Crippen LogP) is 3.89. The second-order valence-corrected chi connectivity index (χ2v) is 4.67. The Morgan fingerprint density at radius 1 is 1.16 bits per heavy atom. The third-order valence-corrected chi connectivity index (χ3v) is 3.21. The minimum Gasteiger partial charge on any atom is -0.479 e. The molecule has 0 radical (unpaired) electrons. The molecule has 4 heteroatoms. The standard InChI is InChI=1S/C15H14ClNO2/c1-10-6-5-9-12(16)13(10)17-14(15(18)19)11-7-3-2-4-8-11/h2-9,14,17H,1H3,(H,18,19). The number of anilines is 1. The first-order valence-corrected chi connectivity index (χ1v) is 6.27. The minimum atomic E-state index is -0.939. The van der Waals surface area contributed by atoms with Crippen LogP contribution in [-0.2, 0) is 4.79 Å². The topological polar surface area (TPSA) is 49.3 Å². The van der Waals surface area contributed by atoms with Crippen molar-refractivity contribution in [2.45, 2.75) is 13.0 Å². The molecule has 1 unspecified atom stereocenters. The van der Waals surface area contributed by atoms with Gasteiger partial charge in [0.2, 0.25) is 0 Å². The number of rotatable bonds is 4. The number of aryl methyl sites for hydroxylation is 1. The van der Waals surface area contributed by atoms with Gasteiger partial charge in [-0.2, -0.15) is 0 Å². The molecular formula is C15H14ClNO2. The van der Waals surface area contributed by atoms with Crippen LogP contribution in [0.25, 0.3) is 0 Å². The van der Waals surface area contributed by atoms with E-state index in [1.54, 1.807) is 18.2 Å². The lowest BCUT2D eigenvalue weighted by molar-refractivity contribution is -0.138. The van der Waals surface area contributed by atoms with Crippen LogP contribution in [0.15, 0.2) is 48.5 Å². The zero-order valence-electron chi connectivity index (χ0n) is 10.4. The molecule has 2 rings (SSSR count). The Labute approximate surface area is 116 Å². The fourth-order valence-corrected chi connectivity index (χ4v) is 2.17. The van der Waals surface area contributed by atoms with Crippen molar-refractivity contribution >= 4 is 23.3 Å². The second-order valence-electron chi connectivity index (χ2n) is 4.26. The molecule has 0 bridgehead atoms. The molecule has 2 aromatic rings. The molecule has 1 atom stereocenters. The van der Waals surface area contributed by atoms with Crippen molar-refractivity contribution in [1.29, 1.82) is 0 Å². The van der Waals surface area contributed by atoms with E-state index in [9.17, 15) is 9.90 Å². The van der Waals surface area contributed by atoms with E-state index in [1.165, 1.54) is 0 Å². The van der Waals surface area contributed by atoms with E-state index in [4.69, 9.17) is 11.6 Å². The number of benzene rings is 2. The van der Waals surface area contributed by atoms with Crippen LogP contribution in [0, 0.1) is 6.92 Å². The van der Waals surface area contributed by atoms with Crippen LogP contribution in [0.3, 0.4) is 0 Å². The van der Waals surface area contributed by atoms with Gasteiger partial charge in [-0.05, 0) is 24.1 Å². The Morgan fingerprint density at radius 2 is 1.84 bits per heavy atom. The van der Waals surface area contributed by atoms with Gasteiger partial charge in [0.25, 0.3) is 0 Å². The zero-order valence-corrected chi connectivity index (χ0v) is 11.2. The van der Waals surface area contributed by atoms with Crippen LogP contribution in [0.2, 0.25) is 5.02 Å². The van der Waals surface area contributed by atoms with Gasteiger partial charge in [0.15, 0.2) is 6.04 Å². The molecule has 0 fully saturated rings. The lowest BCUT2D eigenvalue weighted by Crippen LogP contribution is -2.21. The number of carboxylic acids is 1. The van der Waals surface area contributed by atoms with Gasteiger partial charge in [-0.25, -0.2) is 4.79 Å². The Hall–Kier alpha value is -2.00. The lowest BCUT2D eigenvalue weighted by Gasteiger charge is -2.18. The summed E-state index contributed by atoms with van der Waals surface area (Å²) in [7, 11) is 0. The number of halogens is 1. The molecule has 0 aliphatic heterocycles. The van der Waals surface area contributed by atoms with Crippen LogP contribution in [0.4, 0.5) is 5.69 Å². The van der Waals surface area contributed by atoms with E-state index in [0.29, 0.717) is 16.3 Å². The fourth-order valence-electron chi connectivity index (χ4n) is 1.89. The van der Waals surface area contributed by atoms with Crippen molar-refractivity contribution in [3.63, 3.8) is 0 Å². The first-order valence-electron chi connectivity index (χ1n) is 5.89. The first-order chi connectivity index (χ1) is 9.09. The summed E-state index contributed by atoms with van der Waals surface area (Å²) in [6.45, 7) is 1.89. The molecule has 2 aromatic carbocycles. The Balaban J connectivity index is 2.35. The highest BCUT2D eigenvalue weighted by molar-refractivity contribution is 6.33. The summed E-state index contributed by atoms with van der Waals surface area (Å²) in [4.78, 5) is 11.4. The highest BCUT2D eigenvalue weighted by Crippen LogP contribution is 2.29. The van der Waals surface area contributed by atoms with Crippen LogP contribution in [0.5, 0.6) is 0 Å². The molecule has 3 nitrogen and oxygen atoms in total. The molecule has 0 aliphatic rings. The third kappa shape index (κ3) is 3.06. The summed E-state index contributed by atoms with van der Waals surface area (Å²) in [5.41, 5.74) is 2.25. The SMILES string of the molecule is Cc1cccc(Cl)c1NC(C(=O)O)c1ccccc1. The normalized spacial score (nSPS) is 11.9. The average molecular weight is 276 g/mol. The maximum absolute atomic E-state index is 11.4. The minimum absolute atomic E-state index is 0.516. The second kappa shape index (κ2) is 5.76. The number of aliphatic carboxylic acids is 1. The van der Waals surface area contributed by atoms with Crippen LogP contribution in [-0.4, -0.2) is 11.1 Å². The summed E-state index contributed by atoms with van der Waals surface area (Å²) < 4.78 is 0. The van der Waals surface area contributed by atoms with E-state index in [-0.39, 0.29) is 0 Å². The van der Waals surface area contributed by atoms with Gasteiger partial charge in [0.1, 0.15) is 0 Å². The largest absolute Gasteiger partial charge is 0.479 e. The summed E-state index contributed by atoms with van der Waals surface area (Å²) in [5, 5.41) is 12.9. The highest BCUT2D eigenvalue weighted by atomic mass is 35.5. The van der Waals surface area contributed by atoms with Gasteiger partial charge < -0.3 is 10.4 Å². The number of para-hydroxylation sites is 1. The Kier molecular flexibility index (Phi) is 4.07. The van der Waals surface area contributed by atoms with Gasteiger partial charge in [0, 0.05) is 0 Å². The maximum Gasteiger partial charge on any atom is 0.330 e. The van der Waals surface area contributed by atoms with E-state index < -0.39 is 12.0 Å². The number of carbonyl (C=O) groups is 1. The van der Waals surface area contributed by atoms with Gasteiger partial charge in [-0.15, -0.1) is 0 Å². The molecule has 19 heavy (non-hydrogen) atoms. The zero-order chi connectivity index (χ0) is 13.8. The Morgan fingerprint density at radius 3 is 2.42 bits per heavy atom. The average Bonchev–Trinajstić information content (AvgIpc) is 2.39. The van der Waals surface area contributed by atoms with Gasteiger partial charge in [0.05, 0.1) is 10.7 Å². The third-order valence-electron chi connectivity index (χ3n) is 2.89. The van der Waals surface area contributed by atoms with Crippen LogP contribution < -0.4 is 5.32 Å². The monoisotopic (exact) mass is 275 g/mol. The molecule has 0 saturated heterocycles. The summed E-state index contributed by atoms with van der Waals surface area (Å²) in [6.07, 6.45) is 0.